The Balaban J connectivity index is 0.00000441. The van der Waals surface area contributed by atoms with Gasteiger partial charge >= 0.3 is 0 Å². The lowest BCUT2D eigenvalue weighted by molar-refractivity contribution is 0.518. The van der Waals surface area contributed by atoms with Crippen LogP contribution in [0, 0.1) is 5.92 Å². The molecule has 0 radical (unpaired) electrons. The SMILES string of the molecule is CN=C(NCCCCCCC(C)C)NCc1cnn(C)c1.I. The predicted octanol–water partition coefficient (Wildman–Crippen LogP) is 3.31. The third kappa shape index (κ3) is 10.0. The van der Waals surface area contributed by atoms with E-state index in [1.54, 1.807) is 7.05 Å². The van der Waals surface area contributed by atoms with Crippen molar-refractivity contribution >= 4 is 29.9 Å². The first-order chi connectivity index (χ1) is 10.1. The molecule has 22 heavy (non-hydrogen) atoms. The molecule has 0 aliphatic heterocycles. The maximum atomic E-state index is 4.23. The van der Waals surface area contributed by atoms with Gasteiger partial charge in [-0.25, -0.2) is 0 Å². The van der Waals surface area contributed by atoms with Crippen molar-refractivity contribution in [1.29, 1.82) is 0 Å². The molecule has 6 heteroatoms. The van der Waals surface area contributed by atoms with E-state index in [2.05, 4.69) is 34.6 Å². The van der Waals surface area contributed by atoms with Gasteiger partial charge in [-0.2, -0.15) is 5.10 Å². The Morgan fingerprint density at radius 1 is 1.23 bits per heavy atom. The van der Waals surface area contributed by atoms with Crippen molar-refractivity contribution in [2.75, 3.05) is 13.6 Å². The Bertz CT molecular complexity index is 414. The number of hydrogen-bond donors (Lipinski definition) is 2. The standard InChI is InChI=1S/C16H31N5.HI/c1-14(2)9-7-5-6-8-10-18-16(17-3)19-11-15-12-20-21(4)13-15;/h12-14H,5-11H2,1-4H3,(H2,17,18,19);1H. The zero-order valence-electron chi connectivity index (χ0n) is 14.4. The van der Waals surface area contributed by atoms with Crippen LogP contribution >= 0.6 is 24.0 Å². The van der Waals surface area contributed by atoms with Crippen molar-refractivity contribution in [2.45, 2.75) is 52.5 Å². The van der Waals surface area contributed by atoms with Crippen LogP contribution < -0.4 is 10.6 Å². The quantitative estimate of drug-likeness (QED) is 0.279. The zero-order valence-corrected chi connectivity index (χ0v) is 16.8. The lowest BCUT2D eigenvalue weighted by Crippen LogP contribution is -2.37. The summed E-state index contributed by atoms with van der Waals surface area (Å²) in [6.07, 6.45) is 10.4. The largest absolute Gasteiger partial charge is 0.356 e. The minimum absolute atomic E-state index is 0. The van der Waals surface area contributed by atoms with Gasteiger partial charge in [0.15, 0.2) is 5.96 Å². The van der Waals surface area contributed by atoms with Gasteiger partial charge < -0.3 is 10.6 Å². The second-order valence-electron chi connectivity index (χ2n) is 5.97. The highest BCUT2D eigenvalue weighted by Crippen LogP contribution is 2.08. The molecule has 2 N–H and O–H groups in total. The third-order valence-electron chi connectivity index (χ3n) is 3.44. The maximum Gasteiger partial charge on any atom is 0.191 e. The number of rotatable bonds is 9. The highest BCUT2D eigenvalue weighted by molar-refractivity contribution is 14.0. The van der Waals surface area contributed by atoms with Gasteiger partial charge in [-0.05, 0) is 12.3 Å². The van der Waals surface area contributed by atoms with E-state index >= 15 is 0 Å². The van der Waals surface area contributed by atoms with Crippen LogP contribution in [-0.2, 0) is 13.6 Å². The van der Waals surface area contributed by atoms with Gasteiger partial charge in [0, 0.05) is 38.9 Å². The molecule has 0 amide bonds. The number of nitrogens with one attached hydrogen (secondary N) is 2. The monoisotopic (exact) mass is 421 g/mol. The van der Waals surface area contributed by atoms with E-state index in [0.717, 1.165) is 30.5 Å². The van der Waals surface area contributed by atoms with Crippen LogP contribution in [0.1, 0.15) is 51.5 Å². The summed E-state index contributed by atoms with van der Waals surface area (Å²) in [6.45, 7) is 6.31. The molecule has 128 valence electrons. The Morgan fingerprint density at radius 2 is 1.95 bits per heavy atom. The van der Waals surface area contributed by atoms with Crippen LogP contribution in [0.25, 0.3) is 0 Å². The fourth-order valence-corrected chi connectivity index (χ4v) is 2.21. The molecule has 0 saturated heterocycles. The number of aryl methyl sites for hydroxylation is 1. The van der Waals surface area contributed by atoms with Crippen molar-refractivity contribution in [1.82, 2.24) is 20.4 Å². The molecule has 0 spiro atoms. The lowest BCUT2D eigenvalue weighted by atomic mass is 10.0. The molecule has 0 aromatic carbocycles. The zero-order chi connectivity index (χ0) is 15.5. The molecule has 1 aromatic heterocycles. The molecule has 5 nitrogen and oxygen atoms in total. The van der Waals surface area contributed by atoms with Crippen molar-refractivity contribution in [2.24, 2.45) is 18.0 Å². The summed E-state index contributed by atoms with van der Waals surface area (Å²) in [4.78, 5) is 4.23. The van der Waals surface area contributed by atoms with Gasteiger partial charge in [-0.15, -0.1) is 24.0 Å². The summed E-state index contributed by atoms with van der Waals surface area (Å²) in [5.41, 5.74) is 1.16. The normalized spacial score (nSPS) is 11.4. The maximum absolute atomic E-state index is 4.23. The molecule has 0 bridgehead atoms. The van der Waals surface area contributed by atoms with Crippen LogP contribution in [0.15, 0.2) is 17.4 Å². The van der Waals surface area contributed by atoms with Crippen LogP contribution in [0.5, 0.6) is 0 Å². The van der Waals surface area contributed by atoms with Gasteiger partial charge in [0.1, 0.15) is 0 Å². The molecule has 0 aliphatic rings. The average molecular weight is 421 g/mol. The first kappa shape index (κ1) is 21.2. The fraction of sp³-hybridized carbons (Fsp3) is 0.750. The van der Waals surface area contributed by atoms with Gasteiger partial charge in [0.25, 0.3) is 0 Å². The summed E-state index contributed by atoms with van der Waals surface area (Å²) in [5, 5.41) is 10.8. The van der Waals surface area contributed by atoms with E-state index in [4.69, 9.17) is 0 Å². The second-order valence-corrected chi connectivity index (χ2v) is 5.97. The predicted molar refractivity (Wildman–Crippen MR) is 105 cm³/mol. The number of unbranched alkanes of at least 4 members (excludes halogenated alkanes) is 3. The van der Waals surface area contributed by atoms with Crippen molar-refractivity contribution in [3.63, 3.8) is 0 Å². The Morgan fingerprint density at radius 3 is 2.55 bits per heavy atom. The smallest absolute Gasteiger partial charge is 0.191 e. The Labute approximate surface area is 152 Å². The van der Waals surface area contributed by atoms with E-state index in [1.165, 1.54) is 32.1 Å². The lowest BCUT2D eigenvalue weighted by Gasteiger charge is -2.11. The molecule has 0 atom stereocenters. The van der Waals surface area contributed by atoms with Gasteiger partial charge in [0.2, 0.25) is 0 Å². The van der Waals surface area contributed by atoms with Crippen LogP contribution in [0.4, 0.5) is 0 Å². The molecule has 1 heterocycles. The Hall–Kier alpha value is -0.790. The minimum Gasteiger partial charge on any atom is -0.356 e. The Kier molecular flexibility index (Phi) is 12.3. The second kappa shape index (κ2) is 12.7. The van der Waals surface area contributed by atoms with Crippen molar-refractivity contribution in [3.05, 3.63) is 18.0 Å². The summed E-state index contributed by atoms with van der Waals surface area (Å²) in [6, 6.07) is 0. The van der Waals surface area contributed by atoms with E-state index in [9.17, 15) is 0 Å². The molecule has 0 aliphatic carbocycles. The van der Waals surface area contributed by atoms with Crippen molar-refractivity contribution < 1.29 is 0 Å². The van der Waals surface area contributed by atoms with Gasteiger partial charge in [-0.1, -0.05) is 39.5 Å². The molecule has 0 fully saturated rings. The number of nitrogens with zero attached hydrogens (tertiary/aromatic N) is 3. The number of hydrogen-bond acceptors (Lipinski definition) is 2. The molecular formula is C16H32IN5. The molecule has 1 rings (SSSR count). The minimum atomic E-state index is 0. The van der Waals surface area contributed by atoms with E-state index in [1.807, 2.05) is 24.1 Å². The fourth-order valence-electron chi connectivity index (χ4n) is 2.21. The van der Waals surface area contributed by atoms with E-state index < -0.39 is 0 Å². The summed E-state index contributed by atoms with van der Waals surface area (Å²) < 4.78 is 1.81. The van der Waals surface area contributed by atoms with E-state index in [-0.39, 0.29) is 24.0 Å². The molecule has 0 saturated carbocycles. The summed E-state index contributed by atoms with van der Waals surface area (Å²) in [7, 11) is 3.73. The molecular weight excluding hydrogens is 389 g/mol. The first-order valence-electron chi connectivity index (χ1n) is 8.04. The van der Waals surface area contributed by atoms with Crippen LogP contribution in [0.2, 0.25) is 0 Å². The van der Waals surface area contributed by atoms with Gasteiger partial charge in [0.05, 0.1) is 6.20 Å². The van der Waals surface area contributed by atoms with Crippen LogP contribution in [0.3, 0.4) is 0 Å². The van der Waals surface area contributed by atoms with Crippen LogP contribution in [-0.4, -0.2) is 29.3 Å². The van der Waals surface area contributed by atoms with E-state index in [0.29, 0.717) is 0 Å². The van der Waals surface area contributed by atoms with Gasteiger partial charge in [-0.3, -0.25) is 9.67 Å². The molecule has 0 unspecified atom stereocenters. The summed E-state index contributed by atoms with van der Waals surface area (Å²) in [5.74, 6) is 1.69. The first-order valence-corrected chi connectivity index (χ1v) is 8.04. The average Bonchev–Trinajstić information content (AvgIpc) is 2.86. The number of aromatic nitrogens is 2. The highest BCUT2D eigenvalue weighted by Gasteiger charge is 2.00. The number of aliphatic imine (C=N–C) groups is 1. The number of halogens is 1. The van der Waals surface area contributed by atoms with Crippen molar-refractivity contribution in [3.8, 4) is 0 Å². The topological polar surface area (TPSA) is 54.2 Å². The number of guanidine groups is 1. The summed E-state index contributed by atoms with van der Waals surface area (Å²) >= 11 is 0. The highest BCUT2D eigenvalue weighted by atomic mass is 127. The molecule has 1 aromatic rings. The third-order valence-corrected chi connectivity index (χ3v) is 3.44.